The summed E-state index contributed by atoms with van der Waals surface area (Å²) < 4.78 is 56.6. The van der Waals surface area contributed by atoms with E-state index < -0.39 is 40.6 Å². The maximum atomic E-state index is 14.6. The van der Waals surface area contributed by atoms with Crippen LogP contribution in [0.5, 0.6) is 0 Å². The van der Waals surface area contributed by atoms with Crippen LogP contribution in [0.2, 0.25) is 0 Å². The Morgan fingerprint density at radius 3 is 2.56 bits per heavy atom. The van der Waals surface area contributed by atoms with Crippen LogP contribution in [0.3, 0.4) is 0 Å². The lowest BCUT2D eigenvalue weighted by Crippen LogP contribution is -2.29. The molecular weight excluding hydrogens is 480 g/mol. The second-order valence-corrected chi connectivity index (χ2v) is 7.70. The number of nitrogens with two attached hydrogens (primary N) is 2. The van der Waals surface area contributed by atoms with Crippen LogP contribution >= 0.6 is 0 Å². The van der Waals surface area contributed by atoms with Crippen molar-refractivity contribution in [2.45, 2.75) is 25.8 Å². The smallest absolute Gasteiger partial charge is 0.269 e. The van der Waals surface area contributed by atoms with Gasteiger partial charge >= 0.3 is 0 Å². The van der Waals surface area contributed by atoms with Crippen LogP contribution in [0, 0.1) is 23.0 Å². The number of alkyl halides is 2. The summed E-state index contributed by atoms with van der Waals surface area (Å²) in [4.78, 5) is 25.6. The second-order valence-electron chi connectivity index (χ2n) is 7.70. The third-order valence-electron chi connectivity index (χ3n) is 5.38. The topological polar surface area (TPSA) is 149 Å². The predicted molar refractivity (Wildman–Crippen MR) is 124 cm³/mol. The van der Waals surface area contributed by atoms with Gasteiger partial charge in [-0.3, -0.25) is 9.36 Å². The lowest BCUT2D eigenvalue weighted by Gasteiger charge is -2.23. The van der Waals surface area contributed by atoms with E-state index in [9.17, 15) is 27.6 Å². The molecule has 0 aliphatic heterocycles. The Labute approximate surface area is 201 Å². The molecule has 2 aromatic carbocycles. The van der Waals surface area contributed by atoms with E-state index in [4.69, 9.17) is 11.5 Å². The Bertz CT molecular complexity index is 1580. The summed E-state index contributed by atoms with van der Waals surface area (Å²) >= 11 is 0. The Morgan fingerprint density at radius 2 is 1.89 bits per heavy atom. The van der Waals surface area contributed by atoms with E-state index >= 15 is 0 Å². The standard InChI is InChI=1S/C23H18F4N8O/c1-2-15(31-20-13(9-28)19(29)33-23(30)34-20)21-32-16-5-3-4-14(25)17(16)22(36)35(21)12-7-10(18(26)27)6-11(24)8-12/h3-8,15,18H,2H2,1H3,(H5,29,30,31,33,34). The molecule has 2 aromatic heterocycles. The van der Waals surface area contributed by atoms with Crippen molar-refractivity contribution < 1.29 is 17.6 Å². The number of benzene rings is 2. The largest absolute Gasteiger partial charge is 0.382 e. The molecule has 0 spiro atoms. The number of nitrogens with one attached hydrogen (secondary N) is 1. The Kier molecular flexibility index (Phi) is 6.43. The van der Waals surface area contributed by atoms with Crippen LogP contribution in [0.15, 0.2) is 41.2 Å². The molecule has 0 saturated heterocycles. The molecule has 2 heterocycles. The Hall–Kier alpha value is -4.73. The molecule has 0 aliphatic carbocycles. The summed E-state index contributed by atoms with van der Waals surface area (Å²) in [6, 6.07) is 7.15. The molecule has 0 amide bonds. The van der Waals surface area contributed by atoms with Crippen molar-refractivity contribution in [2.24, 2.45) is 0 Å². The summed E-state index contributed by atoms with van der Waals surface area (Å²) in [7, 11) is 0. The lowest BCUT2D eigenvalue weighted by molar-refractivity contribution is 0.151. The van der Waals surface area contributed by atoms with Gasteiger partial charge in [0.15, 0.2) is 5.82 Å². The molecule has 0 fully saturated rings. The van der Waals surface area contributed by atoms with Crippen LogP contribution in [0.25, 0.3) is 16.6 Å². The van der Waals surface area contributed by atoms with Gasteiger partial charge in [-0.1, -0.05) is 13.0 Å². The van der Waals surface area contributed by atoms with Crippen molar-refractivity contribution in [3.05, 3.63) is 75.3 Å². The Balaban J connectivity index is 2.02. The molecule has 1 atom stereocenters. The molecule has 0 bridgehead atoms. The summed E-state index contributed by atoms with van der Waals surface area (Å²) in [5.41, 5.74) is 9.37. The average molecular weight is 498 g/mol. The highest BCUT2D eigenvalue weighted by Crippen LogP contribution is 2.29. The minimum absolute atomic E-state index is 0.0146. The van der Waals surface area contributed by atoms with E-state index in [2.05, 4.69) is 20.3 Å². The van der Waals surface area contributed by atoms with E-state index in [0.29, 0.717) is 6.07 Å². The number of aromatic nitrogens is 4. The molecule has 1 unspecified atom stereocenters. The average Bonchev–Trinajstić information content (AvgIpc) is 2.81. The van der Waals surface area contributed by atoms with Gasteiger partial charge in [-0.2, -0.15) is 15.2 Å². The van der Waals surface area contributed by atoms with Gasteiger partial charge in [-0.25, -0.2) is 22.5 Å². The van der Waals surface area contributed by atoms with Gasteiger partial charge in [-0.05, 0) is 36.8 Å². The highest BCUT2D eigenvalue weighted by atomic mass is 19.3. The van der Waals surface area contributed by atoms with E-state index in [-0.39, 0.29) is 46.6 Å². The quantitative estimate of drug-likeness (QED) is 0.338. The summed E-state index contributed by atoms with van der Waals surface area (Å²) in [5, 5.41) is 12.0. The number of hydrogen-bond donors (Lipinski definition) is 3. The number of rotatable bonds is 6. The number of nitrogens with zero attached hydrogens (tertiary/aromatic N) is 5. The summed E-state index contributed by atoms with van der Waals surface area (Å²) in [6.07, 6.45) is -2.83. The second kappa shape index (κ2) is 9.49. The van der Waals surface area contributed by atoms with Gasteiger partial charge in [0, 0.05) is 5.56 Å². The fraction of sp³-hybridized carbons (Fsp3) is 0.174. The first kappa shape index (κ1) is 24.4. The molecule has 36 heavy (non-hydrogen) atoms. The molecule has 4 aromatic rings. The number of nitrogen functional groups attached to an aromatic ring is 2. The fourth-order valence-electron chi connectivity index (χ4n) is 3.77. The zero-order valence-electron chi connectivity index (χ0n) is 18.6. The van der Waals surface area contributed by atoms with E-state index in [1.54, 1.807) is 6.92 Å². The fourth-order valence-corrected chi connectivity index (χ4v) is 3.77. The van der Waals surface area contributed by atoms with Crippen LogP contribution in [0.1, 0.15) is 42.8 Å². The zero-order valence-corrected chi connectivity index (χ0v) is 18.6. The summed E-state index contributed by atoms with van der Waals surface area (Å²) in [5.74, 6) is -2.49. The first-order valence-corrected chi connectivity index (χ1v) is 10.5. The third kappa shape index (κ3) is 4.36. The van der Waals surface area contributed by atoms with E-state index in [0.717, 1.165) is 22.8 Å². The molecule has 184 valence electrons. The highest BCUT2D eigenvalue weighted by molar-refractivity contribution is 5.79. The molecule has 13 heteroatoms. The number of anilines is 3. The molecule has 9 nitrogen and oxygen atoms in total. The first-order chi connectivity index (χ1) is 17.1. The van der Waals surface area contributed by atoms with Crippen LogP contribution in [0.4, 0.5) is 35.1 Å². The molecule has 0 saturated carbocycles. The van der Waals surface area contributed by atoms with Crippen LogP contribution < -0.4 is 22.3 Å². The molecule has 5 N–H and O–H groups in total. The van der Waals surface area contributed by atoms with Gasteiger partial charge < -0.3 is 16.8 Å². The lowest BCUT2D eigenvalue weighted by atomic mass is 10.1. The van der Waals surface area contributed by atoms with Gasteiger partial charge in [0.2, 0.25) is 5.95 Å². The zero-order chi connectivity index (χ0) is 26.1. The molecule has 0 radical (unpaired) electrons. The van der Waals surface area contributed by atoms with Crippen molar-refractivity contribution in [1.82, 2.24) is 19.5 Å². The normalized spacial score (nSPS) is 12.0. The number of hydrogen-bond acceptors (Lipinski definition) is 8. The van der Waals surface area contributed by atoms with Crippen molar-refractivity contribution in [1.29, 1.82) is 5.26 Å². The van der Waals surface area contributed by atoms with E-state index in [1.165, 1.54) is 12.1 Å². The maximum absolute atomic E-state index is 14.6. The van der Waals surface area contributed by atoms with Gasteiger partial charge in [-0.15, -0.1) is 0 Å². The van der Waals surface area contributed by atoms with Crippen molar-refractivity contribution in [2.75, 3.05) is 16.8 Å². The van der Waals surface area contributed by atoms with Crippen LogP contribution in [-0.2, 0) is 0 Å². The third-order valence-corrected chi connectivity index (χ3v) is 5.38. The predicted octanol–water partition coefficient (Wildman–Crippen LogP) is 3.99. The van der Waals surface area contributed by atoms with Gasteiger partial charge in [0.1, 0.15) is 40.3 Å². The Morgan fingerprint density at radius 1 is 1.14 bits per heavy atom. The SMILES string of the molecule is CCC(Nc1nc(N)nc(N)c1C#N)c1nc2cccc(F)c2c(=O)n1-c1cc(F)cc(C(F)F)c1. The van der Waals surface area contributed by atoms with Crippen molar-refractivity contribution in [3.63, 3.8) is 0 Å². The monoisotopic (exact) mass is 498 g/mol. The van der Waals surface area contributed by atoms with Crippen molar-refractivity contribution in [3.8, 4) is 11.8 Å². The first-order valence-electron chi connectivity index (χ1n) is 10.5. The minimum Gasteiger partial charge on any atom is -0.382 e. The highest BCUT2D eigenvalue weighted by Gasteiger charge is 2.25. The molecule has 4 rings (SSSR count). The maximum Gasteiger partial charge on any atom is 0.269 e. The van der Waals surface area contributed by atoms with Gasteiger partial charge in [0.25, 0.3) is 12.0 Å². The van der Waals surface area contributed by atoms with Gasteiger partial charge in [0.05, 0.1) is 17.2 Å². The summed E-state index contributed by atoms with van der Waals surface area (Å²) in [6.45, 7) is 1.69. The number of halogens is 4. The van der Waals surface area contributed by atoms with E-state index in [1.807, 2.05) is 6.07 Å². The molecule has 0 aliphatic rings. The number of nitriles is 1. The molecular formula is C23H18F4N8O. The minimum atomic E-state index is -3.03. The van der Waals surface area contributed by atoms with Crippen molar-refractivity contribution >= 4 is 28.5 Å². The van der Waals surface area contributed by atoms with Crippen LogP contribution in [-0.4, -0.2) is 19.5 Å². The number of fused-ring (bicyclic) bond motifs is 1.